The van der Waals surface area contributed by atoms with E-state index in [1.807, 2.05) is 19.2 Å². The minimum Gasteiger partial charge on any atom is -0.385 e. The van der Waals surface area contributed by atoms with E-state index in [2.05, 4.69) is 10.6 Å². The van der Waals surface area contributed by atoms with Crippen molar-refractivity contribution in [1.29, 1.82) is 0 Å². The molecule has 1 aromatic carbocycles. The molecule has 2 N–H and O–H groups in total. The van der Waals surface area contributed by atoms with Crippen LogP contribution in [0.15, 0.2) is 29.2 Å². The van der Waals surface area contributed by atoms with Crippen molar-refractivity contribution in [2.75, 3.05) is 31.2 Å². The second-order valence-corrected chi connectivity index (χ2v) is 6.09. The first kappa shape index (κ1) is 14.0. The molecule has 0 bridgehead atoms. The van der Waals surface area contributed by atoms with Crippen LogP contribution in [0.3, 0.4) is 0 Å². The zero-order valence-electron chi connectivity index (χ0n) is 10.4. The van der Waals surface area contributed by atoms with Crippen molar-refractivity contribution >= 4 is 15.5 Å². The number of hydrogen-bond acceptors (Lipinski definition) is 4. The highest BCUT2D eigenvalue weighted by atomic mass is 32.2. The zero-order chi connectivity index (χ0) is 12.7. The van der Waals surface area contributed by atoms with Gasteiger partial charge < -0.3 is 10.6 Å². The van der Waals surface area contributed by atoms with Crippen molar-refractivity contribution in [3.8, 4) is 0 Å². The topological polar surface area (TPSA) is 58.2 Å². The van der Waals surface area contributed by atoms with E-state index in [9.17, 15) is 8.42 Å². The SMILES string of the molecule is CCS(=O)(=O)c1ccc(NCCCNC)cc1. The Morgan fingerprint density at radius 1 is 1.12 bits per heavy atom. The third-order valence-corrected chi connectivity index (χ3v) is 4.28. The smallest absolute Gasteiger partial charge is 0.178 e. The monoisotopic (exact) mass is 256 g/mol. The highest BCUT2D eigenvalue weighted by Gasteiger charge is 2.10. The van der Waals surface area contributed by atoms with Crippen molar-refractivity contribution in [2.24, 2.45) is 0 Å². The molecule has 0 fully saturated rings. The lowest BCUT2D eigenvalue weighted by Gasteiger charge is -2.07. The van der Waals surface area contributed by atoms with Crippen molar-refractivity contribution in [1.82, 2.24) is 5.32 Å². The Labute approximate surface area is 103 Å². The van der Waals surface area contributed by atoms with Gasteiger partial charge in [-0.3, -0.25) is 0 Å². The number of hydrogen-bond donors (Lipinski definition) is 2. The molecule has 0 spiro atoms. The Balaban J connectivity index is 2.57. The summed E-state index contributed by atoms with van der Waals surface area (Å²) in [6, 6.07) is 6.92. The first-order valence-electron chi connectivity index (χ1n) is 5.81. The van der Waals surface area contributed by atoms with Crippen molar-refractivity contribution in [3.05, 3.63) is 24.3 Å². The van der Waals surface area contributed by atoms with Crippen LogP contribution in [0.25, 0.3) is 0 Å². The Bertz CT molecular complexity index is 426. The van der Waals surface area contributed by atoms with Crippen LogP contribution in [0, 0.1) is 0 Å². The van der Waals surface area contributed by atoms with Crippen LogP contribution in [0.2, 0.25) is 0 Å². The average molecular weight is 256 g/mol. The summed E-state index contributed by atoms with van der Waals surface area (Å²) >= 11 is 0. The average Bonchev–Trinajstić information content (AvgIpc) is 2.35. The summed E-state index contributed by atoms with van der Waals surface area (Å²) in [5.41, 5.74) is 0.955. The summed E-state index contributed by atoms with van der Waals surface area (Å²) in [5.74, 6) is 0.141. The molecule has 0 aliphatic carbocycles. The van der Waals surface area contributed by atoms with Gasteiger partial charge in [0.05, 0.1) is 10.6 Å². The van der Waals surface area contributed by atoms with E-state index in [1.54, 1.807) is 19.1 Å². The number of benzene rings is 1. The number of nitrogens with one attached hydrogen (secondary N) is 2. The maximum Gasteiger partial charge on any atom is 0.178 e. The van der Waals surface area contributed by atoms with Crippen molar-refractivity contribution in [3.63, 3.8) is 0 Å². The van der Waals surface area contributed by atoms with Gasteiger partial charge in [-0.15, -0.1) is 0 Å². The van der Waals surface area contributed by atoms with Gasteiger partial charge in [0.1, 0.15) is 0 Å². The first-order chi connectivity index (χ1) is 8.10. The third-order valence-electron chi connectivity index (χ3n) is 2.53. The molecule has 17 heavy (non-hydrogen) atoms. The summed E-state index contributed by atoms with van der Waals surface area (Å²) in [7, 11) is -1.16. The lowest BCUT2D eigenvalue weighted by molar-refractivity contribution is 0.597. The summed E-state index contributed by atoms with van der Waals surface area (Å²) in [6.07, 6.45) is 1.03. The molecule has 96 valence electrons. The van der Waals surface area contributed by atoms with E-state index in [-0.39, 0.29) is 5.75 Å². The van der Waals surface area contributed by atoms with Gasteiger partial charge in [0, 0.05) is 12.2 Å². The number of sulfone groups is 1. The van der Waals surface area contributed by atoms with Gasteiger partial charge in [-0.2, -0.15) is 0 Å². The second-order valence-electron chi connectivity index (χ2n) is 3.81. The third kappa shape index (κ3) is 4.36. The second kappa shape index (κ2) is 6.61. The van der Waals surface area contributed by atoms with Gasteiger partial charge in [-0.1, -0.05) is 6.92 Å². The van der Waals surface area contributed by atoms with Crippen LogP contribution in [0.1, 0.15) is 13.3 Å². The van der Waals surface area contributed by atoms with Gasteiger partial charge in [0.25, 0.3) is 0 Å². The minimum atomic E-state index is -3.08. The van der Waals surface area contributed by atoms with E-state index in [4.69, 9.17) is 0 Å². The zero-order valence-corrected chi connectivity index (χ0v) is 11.2. The molecule has 0 heterocycles. The molecule has 0 aliphatic heterocycles. The maximum absolute atomic E-state index is 11.6. The largest absolute Gasteiger partial charge is 0.385 e. The molecule has 0 atom stereocenters. The van der Waals surface area contributed by atoms with Crippen LogP contribution in [0.5, 0.6) is 0 Å². The van der Waals surface area contributed by atoms with Gasteiger partial charge in [-0.25, -0.2) is 8.42 Å². The molecule has 0 amide bonds. The maximum atomic E-state index is 11.6. The van der Waals surface area contributed by atoms with Crippen molar-refractivity contribution < 1.29 is 8.42 Å². The molecular formula is C12H20N2O2S. The molecule has 1 aromatic rings. The summed E-state index contributed by atoms with van der Waals surface area (Å²) < 4.78 is 23.2. The molecule has 0 saturated heterocycles. The van der Waals surface area contributed by atoms with Crippen LogP contribution >= 0.6 is 0 Å². The minimum absolute atomic E-state index is 0.141. The molecule has 1 rings (SSSR count). The normalized spacial score (nSPS) is 11.4. The van der Waals surface area contributed by atoms with Gasteiger partial charge in [0.15, 0.2) is 9.84 Å². The van der Waals surface area contributed by atoms with E-state index in [1.165, 1.54) is 0 Å². The summed E-state index contributed by atoms with van der Waals surface area (Å²) in [5, 5.41) is 6.31. The standard InChI is InChI=1S/C12H20N2O2S/c1-3-17(15,16)12-7-5-11(6-8-12)14-10-4-9-13-2/h5-8,13-14H,3-4,9-10H2,1-2H3. The molecule has 4 nitrogen and oxygen atoms in total. The summed E-state index contributed by atoms with van der Waals surface area (Å²) in [4.78, 5) is 0.390. The van der Waals surface area contributed by atoms with Gasteiger partial charge in [0.2, 0.25) is 0 Å². The Morgan fingerprint density at radius 3 is 2.29 bits per heavy atom. The van der Waals surface area contributed by atoms with Crippen LogP contribution in [-0.4, -0.2) is 34.3 Å². The number of rotatable bonds is 7. The highest BCUT2D eigenvalue weighted by molar-refractivity contribution is 7.91. The molecule has 0 aromatic heterocycles. The van der Waals surface area contributed by atoms with Crippen LogP contribution in [-0.2, 0) is 9.84 Å². The van der Waals surface area contributed by atoms with Gasteiger partial charge in [-0.05, 0) is 44.3 Å². The van der Waals surface area contributed by atoms with Gasteiger partial charge >= 0.3 is 0 Å². The van der Waals surface area contributed by atoms with Crippen LogP contribution < -0.4 is 10.6 Å². The summed E-state index contributed by atoms with van der Waals surface area (Å²) in [6.45, 7) is 3.50. The molecule has 5 heteroatoms. The van der Waals surface area contributed by atoms with Crippen molar-refractivity contribution in [2.45, 2.75) is 18.2 Å². The lowest BCUT2D eigenvalue weighted by atomic mass is 10.3. The van der Waals surface area contributed by atoms with E-state index in [0.29, 0.717) is 4.90 Å². The van der Waals surface area contributed by atoms with E-state index < -0.39 is 9.84 Å². The number of anilines is 1. The fourth-order valence-corrected chi connectivity index (χ4v) is 2.33. The lowest BCUT2D eigenvalue weighted by Crippen LogP contribution is -2.12. The molecule has 0 saturated carbocycles. The molecule has 0 aliphatic rings. The fraction of sp³-hybridized carbons (Fsp3) is 0.500. The van der Waals surface area contributed by atoms with Crippen LogP contribution in [0.4, 0.5) is 5.69 Å². The predicted octanol–water partition coefficient (Wildman–Crippen LogP) is 1.50. The fourth-order valence-electron chi connectivity index (χ4n) is 1.44. The van der Waals surface area contributed by atoms with E-state index >= 15 is 0 Å². The highest BCUT2D eigenvalue weighted by Crippen LogP contribution is 2.15. The molecular weight excluding hydrogens is 236 g/mol. The molecule has 0 unspecified atom stereocenters. The van der Waals surface area contributed by atoms with E-state index in [0.717, 1.165) is 25.2 Å². The Kier molecular flexibility index (Phi) is 5.44. The predicted molar refractivity (Wildman–Crippen MR) is 71.2 cm³/mol. The molecule has 0 radical (unpaired) electrons. The Morgan fingerprint density at radius 2 is 1.76 bits per heavy atom. The first-order valence-corrected chi connectivity index (χ1v) is 7.46. The quantitative estimate of drug-likeness (QED) is 0.726. The Hall–Kier alpha value is -1.07.